The zero-order chi connectivity index (χ0) is 23.6. The Bertz CT molecular complexity index is 1300. The van der Waals surface area contributed by atoms with Crippen LogP contribution in [-0.4, -0.2) is 23.9 Å². The molecule has 0 aromatic heterocycles. The Balaban J connectivity index is 1.97. The van der Waals surface area contributed by atoms with E-state index < -0.39 is 17.4 Å². The molecule has 1 aliphatic heterocycles. The second kappa shape index (κ2) is 8.76. The number of benzene rings is 3. The molecule has 3 aromatic rings. The molecular weight excluding hydrogens is 412 g/mol. The Morgan fingerprint density at radius 1 is 0.970 bits per heavy atom. The van der Waals surface area contributed by atoms with Crippen molar-refractivity contribution in [1.29, 1.82) is 5.26 Å². The lowest BCUT2D eigenvalue weighted by Gasteiger charge is -2.44. The van der Waals surface area contributed by atoms with Gasteiger partial charge in [0.2, 0.25) is 0 Å². The van der Waals surface area contributed by atoms with E-state index >= 15 is 0 Å². The number of ether oxygens (including phenoxy) is 1. The number of methoxy groups -OCH3 is 1. The normalized spacial score (nSPS) is 17.6. The van der Waals surface area contributed by atoms with Gasteiger partial charge in [-0.05, 0) is 41.8 Å². The van der Waals surface area contributed by atoms with Gasteiger partial charge in [-0.2, -0.15) is 5.26 Å². The number of amides is 1. The van der Waals surface area contributed by atoms with E-state index in [0.29, 0.717) is 22.3 Å². The van der Waals surface area contributed by atoms with Crippen LogP contribution in [0.5, 0.6) is 0 Å². The minimum Gasteiger partial charge on any atom is -0.465 e. The second-order valence-electron chi connectivity index (χ2n) is 8.07. The summed E-state index contributed by atoms with van der Waals surface area (Å²) in [6, 6.07) is 24.4. The SMILES string of the molecule is COC(=O)c1ccccc1[C@@H](C)[C@@]1(C#N)c2ccccc2C=CN1C(=O)c1ccccc1C. The van der Waals surface area contributed by atoms with Gasteiger partial charge >= 0.3 is 5.97 Å². The second-order valence-corrected chi connectivity index (χ2v) is 8.07. The minimum atomic E-state index is -1.38. The molecule has 0 spiro atoms. The number of hydrogen-bond donors (Lipinski definition) is 0. The summed E-state index contributed by atoms with van der Waals surface area (Å²) in [5, 5.41) is 10.7. The van der Waals surface area contributed by atoms with E-state index in [0.717, 1.165) is 11.1 Å². The van der Waals surface area contributed by atoms with Crippen LogP contribution in [0.1, 0.15) is 55.8 Å². The van der Waals surface area contributed by atoms with Gasteiger partial charge in [0.25, 0.3) is 5.91 Å². The summed E-state index contributed by atoms with van der Waals surface area (Å²) in [6.45, 7) is 3.75. The third-order valence-electron chi connectivity index (χ3n) is 6.38. The summed E-state index contributed by atoms with van der Waals surface area (Å²) in [5.74, 6) is -1.30. The Hall–Kier alpha value is -4.17. The molecule has 0 aliphatic carbocycles. The first-order chi connectivity index (χ1) is 16.0. The van der Waals surface area contributed by atoms with Gasteiger partial charge in [-0.3, -0.25) is 9.69 Å². The minimum absolute atomic E-state index is 0.275. The van der Waals surface area contributed by atoms with Gasteiger partial charge in [0.1, 0.15) is 0 Å². The van der Waals surface area contributed by atoms with Crippen molar-refractivity contribution in [1.82, 2.24) is 4.90 Å². The molecule has 0 saturated heterocycles. The largest absolute Gasteiger partial charge is 0.465 e. The summed E-state index contributed by atoms with van der Waals surface area (Å²) in [5.41, 5.74) is 2.55. The fraction of sp³-hybridized carbons (Fsp3) is 0.179. The van der Waals surface area contributed by atoms with Gasteiger partial charge in [0, 0.05) is 23.2 Å². The van der Waals surface area contributed by atoms with E-state index in [9.17, 15) is 14.9 Å². The van der Waals surface area contributed by atoms with E-state index in [1.165, 1.54) is 12.0 Å². The fourth-order valence-corrected chi connectivity index (χ4v) is 4.61. The van der Waals surface area contributed by atoms with Crippen molar-refractivity contribution in [2.24, 2.45) is 0 Å². The number of rotatable bonds is 4. The first kappa shape index (κ1) is 22.0. The van der Waals surface area contributed by atoms with Crippen LogP contribution in [-0.2, 0) is 10.3 Å². The van der Waals surface area contributed by atoms with E-state index in [1.807, 2.05) is 74.5 Å². The number of aryl methyl sites for hydroxylation is 1. The number of carbonyl (C=O) groups is 2. The highest BCUT2D eigenvalue weighted by Crippen LogP contribution is 2.47. The molecule has 1 amide bonds. The van der Waals surface area contributed by atoms with Crippen molar-refractivity contribution < 1.29 is 14.3 Å². The summed E-state index contributed by atoms with van der Waals surface area (Å²) >= 11 is 0. The highest BCUT2D eigenvalue weighted by atomic mass is 16.5. The van der Waals surface area contributed by atoms with Gasteiger partial charge in [-0.25, -0.2) is 4.79 Å². The third kappa shape index (κ3) is 3.50. The molecule has 164 valence electrons. The van der Waals surface area contributed by atoms with E-state index in [4.69, 9.17) is 4.74 Å². The number of hydrogen-bond acceptors (Lipinski definition) is 4. The lowest BCUT2D eigenvalue weighted by Crippen LogP contribution is -2.51. The Morgan fingerprint density at radius 2 is 1.61 bits per heavy atom. The molecule has 0 bridgehead atoms. The van der Waals surface area contributed by atoms with E-state index in [1.54, 1.807) is 24.4 Å². The molecule has 0 saturated carbocycles. The smallest absolute Gasteiger partial charge is 0.338 e. The van der Waals surface area contributed by atoms with Crippen LogP contribution in [0.15, 0.2) is 79.0 Å². The predicted molar refractivity (Wildman–Crippen MR) is 126 cm³/mol. The van der Waals surface area contributed by atoms with Crippen molar-refractivity contribution in [3.8, 4) is 6.07 Å². The molecular formula is C28H24N2O3. The molecule has 2 atom stereocenters. The van der Waals surface area contributed by atoms with Crippen LogP contribution in [0.3, 0.4) is 0 Å². The molecule has 1 aliphatic rings. The van der Waals surface area contributed by atoms with Crippen molar-refractivity contribution >= 4 is 18.0 Å². The highest BCUT2D eigenvalue weighted by molar-refractivity contribution is 5.98. The highest BCUT2D eigenvalue weighted by Gasteiger charge is 2.50. The molecule has 33 heavy (non-hydrogen) atoms. The van der Waals surface area contributed by atoms with Gasteiger partial charge in [-0.15, -0.1) is 0 Å². The van der Waals surface area contributed by atoms with Crippen molar-refractivity contribution in [2.75, 3.05) is 7.11 Å². The summed E-state index contributed by atoms with van der Waals surface area (Å²) in [6.07, 6.45) is 3.53. The number of carbonyl (C=O) groups excluding carboxylic acids is 2. The third-order valence-corrected chi connectivity index (χ3v) is 6.38. The van der Waals surface area contributed by atoms with Crippen LogP contribution >= 0.6 is 0 Å². The number of nitriles is 1. The zero-order valence-corrected chi connectivity index (χ0v) is 18.8. The first-order valence-corrected chi connectivity index (χ1v) is 10.7. The van der Waals surface area contributed by atoms with Crippen molar-refractivity contribution in [3.05, 3.63) is 112 Å². The first-order valence-electron chi connectivity index (χ1n) is 10.7. The van der Waals surface area contributed by atoms with Crippen molar-refractivity contribution in [2.45, 2.75) is 25.3 Å². The average Bonchev–Trinajstić information content (AvgIpc) is 2.87. The van der Waals surface area contributed by atoms with Crippen LogP contribution in [0.4, 0.5) is 0 Å². The quantitative estimate of drug-likeness (QED) is 0.511. The number of nitrogens with zero attached hydrogens (tertiary/aromatic N) is 2. The Labute approximate surface area is 193 Å². The topological polar surface area (TPSA) is 70.4 Å². The lowest BCUT2D eigenvalue weighted by molar-refractivity contribution is 0.0596. The zero-order valence-electron chi connectivity index (χ0n) is 18.8. The summed E-state index contributed by atoms with van der Waals surface area (Å²) in [4.78, 5) is 27.9. The maximum Gasteiger partial charge on any atom is 0.338 e. The molecule has 5 heteroatoms. The molecule has 0 radical (unpaired) electrons. The van der Waals surface area contributed by atoms with E-state index in [2.05, 4.69) is 6.07 Å². The van der Waals surface area contributed by atoms with Gasteiger partial charge < -0.3 is 4.74 Å². The van der Waals surface area contributed by atoms with Gasteiger partial charge in [0.05, 0.1) is 18.7 Å². The van der Waals surface area contributed by atoms with Crippen molar-refractivity contribution in [3.63, 3.8) is 0 Å². The van der Waals surface area contributed by atoms with Gasteiger partial charge in [0.15, 0.2) is 5.54 Å². The van der Waals surface area contributed by atoms with Crippen LogP contribution in [0.2, 0.25) is 0 Å². The molecule has 4 rings (SSSR count). The molecule has 5 nitrogen and oxygen atoms in total. The standard InChI is InChI=1S/C28H24N2O3/c1-19-10-4-6-12-22(19)26(31)30-17-16-21-11-5-9-15-25(21)28(30,18-29)20(2)23-13-7-8-14-24(23)27(32)33-3/h4-17,20H,1-3H3/t20-,28+/m1/s1. The Kier molecular flexibility index (Phi) is 5.85. The number of fused-ring (bicyclic) bond motifs is 1. The van der Waals surface area contributed by atoms with E-state index in [-0.39, 0.29) is 5.91 Å². The predicted octanol–water partition coefficient (Wildman–Crippen LogP) is 5.43. The van der Waals surface area contributed by atoms with Gasteiger partial charge in [-0.1, -0.05) is 67.6 Å². The Morgan fingerprint density at radius 3 is 2.30 bits per heavy atom. The summed E-state index contributed by atoms with van der Waals surface area (Å²) < 4.78 is 4.99. The number of esters is 1. The summed E-state index contributed by atoms with van der Waals surface area (Å²) in [7, 11) is 1.33. The van der Waals surface area contributed by atoms with Crippen LogP contribution in [0.25, 0.3) is 6.08 Å². The maximum absolute atomic E-state index is 13.8. The fourth-order valence-electron chi connectivity index (χ4n) is 4.61. The monoisotopic (exact) mass is 436 g/mol. The van der Waals surface area contributed by atoms with Crippen LogP contribution in [0, 0.1) is 18.3 Å². The molecule has 1 heterocycles. The molecule has 3 aromatic carbocycles. The molecule has 0 fully saturated rings. The maximum atomic E-state index is 13.8. The molecule has 0 unspecified atom stereocenters. The lowest BCUT2D eigenvalue weighted by atomic mass is 9.71. The molecule has 0 N–H and O–H groups in total. The van der Waals surface area contributed by atoms with Crippen LogP contribution < -0.4 is 0 Å². The average molecular weight is 437 g/mol.